The van der Waals surface area contributed by atoms with Gasteiger partial charge in [0.05, 0.1) is 14.2 Å². The maximum absolute atomic E-state index is 11.9. The highest BCUT2D eigenvalue weighted by atomic mass is 16.5. The van der Waals surface area contributed by atoms with Gasteiger partial charge < -0.3 is 29.2 Å². The van der Waals surface area contributed by atoms with Crippen molar-refractivity contribution in [3.05, 3.63) is 36.4 Å². The second-order valence-electron chi connectivity index (χ2n) is 5.49. The third-order valence-corrected chi connectivity index (χ3v) is 3.45. The number of hydrogen-bond acceptors (Lipinski definition) is 9. The molecule has 0 saturated heterocycles. The summed E-state index contributed by atoms with van der Waals surface area (Å²) < 4.78 is 20.4. The highest BCUT2D eigenvalue weighted by molar-refractivity contribution is 6.64. The molecule has 0 unspecified atom stereocenters. The van der Waals surface area contributed by atoms with Gasteiger partial charge in [0.15, 0.2) is 13.2 Å². The van der Waals surface area contributed by atoms with Crippen molar-refractivity contribution in [3.63, 3.8) is 0 Å². The van der Waals surface area contributed by atoms with Crippen molar-refractivity contribution in [1.82, 2.24) is 0 Å². The molecule has 0 aliphatic carbocycles. The van der Waals surface area contributed by atoms with Crippen LogP contribution in [0.25, 0.3) is 0 Å². The van der Waals surface area contributed by atoms with E-state index >= 15 is 0 Å². The first-order chi connectivity index (χ1) is 13.3. The smallest absolute Gasteiger partial charge is 0.271 e. The van der Waals surface area contributed by atoms with Gasteiger partial charge in [-0.05, 0) is 0 Å². The molecule has 2 aromatic carbocycles. The SMILES string of the molecule is COc1cc(OC)cc(OCC(=O)C(=O)C(=O)COc2cc(O)cc(O)c2)c1. The molecule has 9 nitrogen and oxygen atoms in total. The Morgan fingerprint density at radius 3 is 1.50 bits per heavy atom. The number of phenolic OH excluding ortho intramolecular Hbond substituents is 2. The third-order valence-electron chi connectivity index (χ3n) is 3.45. The molecule has 2 aromatic rings. The highest BCUT2D eigenvalue weighted by Crippen LogP contribution is 2.27. The van der Waals surface area contributed by atoms with Crippen molar-refractivity contribution in [3.8, 4) is 34.5 Å². The zero-order valence-electron chi connectivity index (χ0n) is 15.1. The van der Waals surface area contributed by atoms with Crippen LogP contribution in [-0.2, 0) is 14.4 Å². The molecular weight excluding hydrogens is 372 g/mol. The van der Waals surface area contributed by atoms with Crippen LogP contribution in [0.2, 0.25) is 0 Å². The molecule has 0 bridgehead atoms. The number of ketones is 3. The first kappa shape index (κ1) is 20.6. The van der Waals surface area contributed by atoms with Gasteiger partial charge in [-0.3, -0.25) is 14.4 Å². The average Bonchev–Trinajstić information content (AvgIpc) is 2.68. The quantitative estimate of drug-likeness (QED) is 0.455. The number of aromatic hydroxyl groups is 2. The van der Waals surface area contributed by atoms with E-state index in [4.69, 9.17) is 18.9 Å². The Labute approximate surface area is 160 Å². The lowest BCUT2D eigenvalue weighted by molar-refractivity contribution is -0.145. The largest absolute Gasteiger partial charge is 0.508 e. The van der Waals surface area contributed by atoms with E-state index in [0.717, 1.165) is 18.2 Å². The van der Waals surface area contributed by atoms with E-state index in [-0.39, 0.29) is 23.0 Å². The lowest BCUT2D eigenvalue weighted by atomic mass is 10.2. The van der Waals surface area contributed by atoms with Gasteiger partial charge in [-0.2, -0.15) is 0 Å². The standard InChI is InChI=1S/C19H18O9/c1-25-13-6-14(26-2)8-16(7-13)28-10-18(23)19(24)17(22)9-27-15-4-11(20)3-12(21)5-15/h3-8,20-21H,9-10H2,1-2H3. The number of ether oxygens (including phenoxy) is 4. The number of carbonyl (C=O) groups excluding carboxylic acids is 3. The van der Waals surface area contributed by atoms with Crippen LogP contribution in [0.3, 0.4) is 0 Å². The van der Waals surface area contributed by atoms with Gasteiger partial charge in [-0.15, -0.1) is 0 Å². The Morgan fingerprint density at radius 1 is 0.679 bits per heavy atom. The summed E-state index contributed by atoms with van der Waals surface area (Å²) in [6.07, 6.45) is 0. The van der Waals surface area contributed by atoms with Gasteiger partial charge >= 0.3 is 0 Å². The molecule has 0 spiro atoms. The van der Waals surface area contributed by atoms with Gasteiger partial charge in [0.25, 0.3) is 5.78 Å². The zero-order chi connectivity index (χ0) is 20.7. The van der Waals surface area contributed by atoms with Gasteiger partial charge in [0.2, 0.25) is 11.6 Å². The Bertz CT molecular complexity index is 846. The van der Waals surface area contributed by atoms with Crippen molar-refractivity contribution in [2.75, 3.05) is 27.4 Å². The van der Waals surface area contributed by atoms with Crippen LogP contribution in [0.15, 0.2) is 36.4 Å². The minimum Gasteiger partial charge on any atom is -0.508 e. The van der Waals surface area contributed by atoms with E-state index in [1.54, 1.807) is 6.07 Å². The van der Waals surface area contributed by atoms with Gasteiger partial charge in [-0.25, -0.2) is 0 Å². The van der Waals surface area contributed by atoms with Crippen molar-refractivity contribution in [2.45, 2.75) is 0 Å². The van der Waals surface area contributed by atoms with E-state index in [2.05, 4.69) is 0 Å². The maximum atomic E-state index is 11.9. The van der Waals surface area contributed by atoms with E-state index in [9.17, 15) is 24.6 Å². The lowest BCUT2D eigenvalue weighted by Gasteiger charge is -2.09. The summed E-state index contributed by atoms with van der Waals surface area (Å²) in [6, 6.07) is 7.91. The van der Waals surface area contributed by atoms with Crippen LogP contribution in [0.4, 0.5) is 0 Å². The van der Waals surface area contributed by atoms with Gasteiger partial charge in [0, 0.05) is 36.4 Å². The summed E-state index contributed by atoms with van der Waals surface area (Å²) in [7, 11) is 2.89. The molecule has 0 atom stereocenters. The monoisotopic (exact) mass is 390 g/mol. The van der Waals surface area contributed by atoms with Crippen LogP contribution in [0, 0.1) is 0 Å². The predicted octanol–water partition coefficient (Wildman–Crippen LogP) is 1.28. The molecule has 0 aliphatic heterocycles. The Hall–Kier alpha value is -3.75. The number of carbonyl (C=O) groups is 3. The first-order valence-electron chi connectivity index (χ1n) is 7.94. The lowest BCUT2D eigenvalue weighted by Crippen LogP contribution is -2.32. The van der Waals surface area contributed by atoms with Crippen molar-refractivity contribution in [1.29, 1.82) is 0 Å². The van der Waals surface area contributed by atoms with Crippen LogP contribution in [0.5, 0.6) is 34.5 Å². The second-order valence-corrected chi connectivity index (χ2v) is 5.49. The van der Waals surface area contributed by atoms with Crippen molar-refractivity contribution < 1.29 is 43.5 Å². The second kappa shape index (κ2) is 9.26. The number of rotatable bonds is 10. The molecular formula is C19H18O9. The van der Waals surface area contributed by atoms with Crippen LogP contribution >= 0.6 is 0 Å². The maximum Gasteiger partial charge on any atom is 0.271 e. The normalized spacial score (nSPS) is 10.1. The van der Waals surface area contributed by atoms with Crippen LogP contribution < -0.4 is 18.9 Å². The summed E-state index contributed by atoms with van der Waals surface area (Å²) in [5.74, 6) is -2.99. The summed E-state index contributed by atoms with van der Waals surface area (Å²) in [5, 5.41) is 18.7. The molecule has 0 fully saturated rings. The number of hydrogen-bond donors (Lipinski definition) is 2. The molecule has 0 aromatic heterocycles. The fourth-order valence-corrected chi connectivity index (χ4v) is 2.10. The van der Waals surface area contributed by atoms with Crippen molar-refractivity contribution >= 4 is 17.3 Å². The topological polar surface area (TPSA) is 129 Å². The molecule has 148 valence electrons. The van der Waals surface area contributed by atoms with Gasteiger partial charge in [0.1, 0.15) is 34.5 Å². The fraction of sp³-hybridized carbons (Fsp3) is 0.211. The molecule has 2 N–H and O–H groups in total. The van der Waals surface area contributed by atoms with E-state index in [0.29, 0.717) is 11.5 Å². The molecule has 2 rings (SSSR count). The Kier molecular flexibility index (Phi) is 6.80. The summed E-state index contributed by atoms with van der Waals surface area (Å²) in [4.78, 5) is 35.6. The molecule has 0 radical (unpaired) electrons. The minimum atomic E-state index is -1.29. The van der Waals surface area contributed by atoms with Crippen LogP contribution in [-0.4, -0.2) is 55.0 Å². The number of phenols is 2. The molecule has 0 saturated carbocycles. The minimum absolute atomic E-state index is 0.0363. The summed E-state index contributed by atoms with van der Waals surface area (Å²) in [5.41, 5.74) is 0. The number of Topliss-reactive ketones (excluding diaryl/α,β-unsaturated/α-hetero) is 3. The predicted molar refractivity (Wildman–Crippen MR) is 95.3 cm³/mol. The van der Waals surface area contributed by atoms with E-state index in [1.165, 1.54) is 26.4 Å². The number of benzene rings is 2. The van der Waals surface area contributed by atoms with Crippen molar-refractivity contribution in [2.24, 2.45) is 0 Å². The molecule has 0 aliphatic rings. The summed E-state index contributed by atoms with van der Waals surface area (Å²) >= 11 is 0. The van der Waals surface area contributed by atoms with Crippen LogP contribution in [0.1, 0.15) is 0 Å². The van der Waals surface area contributed by atoms with Gasteiger partial charge in [-0.1, -0.05) is 0 Å². The fourth-order valence-electron chi connectivity index (χ4n) is 2.10. The van der Waals surface area contributed by atoms with E-state index in [1.807, 2.05) is 0 Å². The first-order valence-corrected chi connectivity index (χ1v) is 7.94. The van der Waals surface area contributed by atoms with E-state index < -0.39 is 30.6 Å². The Balaban J connectivity index is 1.91. The molecule has 28 heavy (non-hydrogen) atoms. The highest BCUT2D eigenvalue weighted by Gasteiger charge is 2.24. The summed E-state index contributed by atoms with van der Waals surface area (Å²) in [6.45, 7) is -1.39. The Morgan fingerprint density at radius 2 is 1.07 bits per heavy atom. The molecule has 9 heteroatoms. The molecule has 0 heterocycles. The third kappa shape index (κ3) is 5.63. The number of methoxy groups -OCH3 is 2. The average molecular weight is 390 g/mol. The molecule has 0 amide bonds. The zero-order valence-corrected chi connectivity index (χ0v) is 15.1.